The lowest BCUT2D eigenvalue weighted by atomic mass is 10.1. The minimum absolute atomic E-state index is 0.00570. The Morgan fingerprint density at radius 3 is 2.33 bits per heavy atom. The topological polar surface area (TPSA) is 113 Å². The van der Waals surface area contributed by atoms with Crippen LogP contribution in [0.2, 0.25) is 0 Å². The van der Waals surface area contributed by atoms with Gasteiger partial charge in [0.2, 0.25) is 0 Å². The summed E-state index contributed by atoms with van der Waals surface area (Å²) < 4.78 is 4.44. The summed E-state index contributed by atoms with van der Waals surface area (Å²) in [5.74, 6) is -0.865. The maximum atomic E-state index is 11.5. The lowest BCUT2D eigenvalue weighted by molar-refractivity contribution is -0.394. The molecule has 18 heavy (non-hydrogen) atoms. The summed E-state index contributed by atoms with van der Waals surface area (Å²) in [7, 11) is 1.09. The molecule has 0 N–H and O–H groups in total. The second-order valence-electron chi connectivity index (χ2n) is 3.13. The number of nitro benzene ring substituents is 2. The van der Waals surface area contributed by atoms with Gasteiger partial charge in [0.25, 0.3) is 11.4 Å². The highest BCUT2D eigenvalue weighted by atomic mass is 79.9. The number of carbonyl (C=O) groups excluding carboxylic acids is 1. The molecule has 1 rings (SSSR count). The third-order valence-corrected chi connectivity index (χ3v) is 2.72. The SMILES string of the molecule is COC(=O)c1cc([N+](=O)[O-])cc([N+](=O)[O-])c1CBr. The predicted molar refractivity (Wildman–Crippen MR) is 63.7 cm³/mol. The molecule has 0 atom stereocenters. The number of methoxy groups -OCH3 is 1. The van der Waals surface area contributed by atoms with Gasteiger partial charge in [-0.05, 0) is 0 Å². The van der Waals surface area contributed by atoms with Crippen molar-refractivity contribution in [3.63, 3.8) is 0 Å². The van der Waals surface area contributed by atoms with Crippen molar-refractivity contribution in [2.24, 2.45) is 0 Å². The van der Waals surface area contributed by atoms with Crippen LogP contribution in [0.5, 0.6) is 0 Å². The van der Waals surface area contributed by atoms with Gasteiger partial charge in [-0.1, -0.05) is 15.9 Å². The Balaban J connectivity index is 3.61. The second-order valence-corrected chi connectivity index (χ2v) is 3.69. The van der Waals surface area contributed by atoms with E-state index in [9.17, 15) is 25.0 Å². The van der Waals surface area contributed by atoms with Crippen LogP contribution in [0.25, 0.3) is 0 Å². The van der Waals surface area contributed by atoms with Gasteiger partial charge in [0.05, 0.1) is 34.1 Å². The monoisotopic (exact) mass is 318 g/mol. The van der Waals surface area contributed by atoms with E-state index in [1.165, 1.54) is 0 Å². The maximum Gasteiger partial charge on any atom is 0.338 e. The van der Waals surface area contributed by atoms with E-state index in [2.05, 4.69) is 20.7 Å². The zero-order valence-electron chi connectivity index (χ0n) is 9.08. The molecule has 0 unspecified atom stereocenters. The number of carbonyl (C=O) groups is 1. The minimum Gasteiger partial charge on any atom is -0.465 e. The van der Waals surface area contributed by atoms with Crippen molar-refractivity contribution >= 4 is 33.3 Å². The molecule has 0 aliphatic heterocycles. The van der Waals surface area contributed by atoms with Crippen LogP contribution >= 0.6 is 15.9 Å². The van der Waals surface area contributed by atoms with Crippen molar-refractivity contribution in [3.8, 4) is 0 Å². The largest absolute Gasteiger partial charge is 0.465 e. The Bertz CT molecular complexity index is 530. The number of ether oxygens (including phenoxy) is 1. The maximum absolute atomic E-state index is 11.5. The van der Waals surface area contributed by atoms with Gasteiger partial charge in [-0.15, -0.1) is 0 Å². The molecule has 0 fully saturated rings. The van der Waals surface area contributed by atoms with Crippen LogP contribution in [0.1, 0.15) is 15.9 Å². The smallest absolute Gasteiger partial charge is 0.338 e. The molecule has 1 aromatic carbocycles. The van der Waals surface area contributed by atoms with Crippen LogP contribution in [0.3, 0.4) is 0 Å². The average molecular weight is 319 g/mol. The summed E-state index contributed by atoms with van der Waals surface area (Å²) >= 11 is 3.00. The third-order valence-electron chi connectivity index (χ3n) is 2.16. The zero-order chi connectivity index (χ0) is 13.9. The van der Waals surface area contributed by atoms with Crippen LogP contribution in [-0.4, -0.2) is 22.9 Å². The van der Waals surface area contributed by atoms with E-state index >= 15 is 0 Å². The Morgan fingerprint density at radius 2 is 1.94 bits per heavy atom. The van der Waals surface area contributed by atoms with Gasteiger partial charge in [0.15, 0.2) is 0 Å². The number of hydrogen-bond donors (Lipinski definition) is 0. The fraction of sp³-hybridized carbons (Fsp3) is 0.222. The van der Waals surface area contributed by atoms with E-state index in [-0.39, 0.29) is 16.5 Å². The Kier molecular flexibility index (Phi) is 4.32. The number of hydrogen-bond acceptors (Lipinski definition) is 6. The number of nitrogens with zero attached hydrogens (tertiary/aromatic N) is 2. The number of rotatable bonds is 4. The van der Waals surface area contributed by atoms with Crippen molar-refractivity contribution in [1.29, 1.82) is 0 Å². The average Bonchev–Trinajstić information content (AvgIpc) is 2.35. The van der Waals surface area contributed by atoms with Crippen molar-refractivity contribution in [3.05, 3.63) is 43.5 Å². The van der Waals surface area contributed by atoms with Crippen molar-refractivity contribution in [2.45, 2.75) is 5.33 Å². The highest BCUT2D eigenvalue weighted by molar-refractivity contribution is 9.08. The van der Waals surface area contributed by atoms with Gasteiger partial charge in [0, 0.05) is 11.4 Å². The number of halogens is 1. The first-order valence-electron chi connectivity index (χ1n) is 4.52. The molecule has 96 valence electrons. The first-order chi connectivity index (χ1) is 8.42. The van der Waals surface area contributed by atoms with E-state index in [1.807, 2.05) is 0 Å². The van der Waals surface area contributed by atoms with Crippen LogP contribution < -0.4 is 0 Å². The number of esters is 1. The molecule has 8 nitrogen and oxygen atoms in total. The van der Waals surface area contributed by atoms with E-state index in [0.717, 1.165) is 19.2 Å². The van der Waals surface area contributed by atoms with Crippen molar-refractivity contribution in [2.75, 3.05) is 7.11 Å². The lowest BCUT2D eigenvalue weighted by Gasteiger charge is -2.06. The summed E-state index contributed by atoms with van der Waals surface area (Å²) in [6.45, 7) is 0. The van der Waals surface area contributed by atoms with Gasteiger partial charge in [-0.25, -0.2) is 4.79 Å². The van der Waals surface area contributed by atoms with Gasteiger partial charge >= 0.3 is 5.97 Å². The molecule has 0 heterocycles. The molecule has 9 heteroatoms. The van der Waals surface area contributed by atoms with Gasteiger partial charge in [-0.3, -0.25) is 20.2 Å². The molecule has 0 aliphatic carbocycles. The fourth-order valence-corrected chi connectivity index (χ4v) is 1.93. The number of nitro groups is 2. The Hall–Kier alpha value is -2.03. The molecule has 0 amide bonds. The van der Waals surface area contributed by atoms with E-state index in [1.54, 1.807) is 0 Å². The fourth-order valence-electron chi connectivity index (χ4n) is 1.34. The number of non-ortho nitro benzene ring substituents is 1. The third kappa shape index (κ3) is 2.62. The summed E-state index contributed by atoms with van der Waals surface area (Å²) in [4.78, 5) is 31.4. The van der Waals surface area contributed by atoms with Gasteiger partial charge < -0.3 is 4.74 Å². The minimum atomic E-state index is -0.865. The quantitative estimate of drug-likeness (QED) is 0.364. The summed E-state index contributed by atoms with van der Waals surface area (Å²) in [6.07, 6.45) is 0. The molecule has 0 bridgehead atoms. The van der Waals surface area contributed by atoms with Crippen LogP contribution in [-0.2, 0) is 10.1 Å². The Morgan fingerprint density at radius 1 is 1.33 bits per heavy atom. The van der Waals surface area contributed by atoms with Crippen LogP contribution in [0.4, 0.5) is 11.4 Å². The second kappa shape index (κ2) is 5.54. The summed E-state index contributed by atoms with van der Waals surface area (Å²) in [5.41, 5.74) is -1.19. The lowest BCUT2D eigenvalue weighted by Crippen LogP contribution is -2.08. The first-order valence-corrected chi connectivity index (χ1v) is 5.64. The molecule has 0 saturated carbocycles. The molecule has 0 saturated heterocycles. The summed E-state index contributed by atoms with van der Waals surface area (Å²) in [5, 5.41) is 21.5. The zero-order valence-corrected chi connectivity index (χ0v) is 10.7. The molecule has 0 spiro atoms. The normalized spacial score (nSPS) is 9.89. The van der Waals surface area contributed by atoms with E-state index < -0.39 is 27.2 Å². The predicted octanol–water partition coefficient (Wildman–Crippen LogP) is 2.18. The standard InChI is InChI=1S/C9H7BrN2O6/c1-18-9(13)6-2-5(11(14)15)3-8(12(16)17)7(6)4-10/h2-3H,4H2,1H3. The molecule has 0 aliphatic rings. The van der Waals surface area contributed by atoms with Crippen molar-refractivity contribution < 1.29 is 19.4 Å². The molecule has 0 radical (unpaired) electrons. The van der Waals surface area contributed by atoms with E-state index in [0.29, 0.717) is 0 Å². The molecular formula is C9H7BrN2O6. The van der Waals surface area contributed by atoms with Crippen LogP contribution in [0, 0.1) is 20.2 Å². The number of alkyl halides is 1. The molecular weight excluding hydrogens is 312 g/mol. The van der Waals surface area contributed by atoms with Gasteiger partial charge in [-0.2, -0.15) is 0 Å². The first kappa shape index (κ1) is 14.0. The molecule has 0 aromatic heterocycles. The van der Waals surface area contributed by atoms with Crippen LogP contribution in [0.15, 0.2) is 12.1 Å². The van der Waals surface area contributed by atoms with E-state index in [4.69, 9.17) is 0 Å². The van der Waals surface area contributed by atoms with Crippen molar-refractivity contribution in [1.82, 2.24) is 0 Å². The highest BCUT2D eigenvalue weighted by Crippen LogP contribution is 2.30. The Labute approximate surface area is 109 Å². The number of benzene rings is 1. The highest BCUT2D eigenvalue weighted by Gasteiger charge is 2.26. The summed E-state index contributed by atoms with van der Waals surface area (Å²) in [6, 6.07) is 1.76. The van der Waals surface area contributed by atoms with Gasteiger partial charge in [0.1, 0.15) is 0 Å². The molecule has 1 aromatic rings.